The summed E-state index contributed by atoms with van der Waals surface area (Å²) in [5, 5.41) is 0. The van der Waals surface area contributed by atoms with Gasteiger partial charge in [-0.1, -0.05) is 18.2 Å². The molecule has 28 heavy (non-hydrogen) atoms. The van der Waals surface area contributed by atoms with E-state index in [0.717, 1.165) is 0 Å². The molecule has 3 rings (SSSR count). The van der Waals surface area contributed by atoms with Crippen molar-refractivity contribution in [2.75, 3.05) is 4.72 Å². The number of hydrogen-bond acceptors (Lipinski definition) is 5. The van der Waals surface area contributed by atoms with E-state index in [2.05, 4.69) is 15.6 Å². The predicted molar refractivity (Wildman–Crippen MR) is 102 cm³/mol. The molecule has 0 unspecified atom stereocenters. The van der Waals surface area contributed by atoms with E-state index in [9.17, 15) is 18.0 Å². The fraction of sp³-hybridized carbons (Fsp3) is 0.0526. The van der Waals surface area contributed by atoms with Crippen LogP contribution in [0.2, 0.25) is 0 Å². The highest BCUT2D eigenvalue weighted by atomic mass is 32.2. The van der Waals surface area contributed by atoms with Crippen LogP contribution in [0.4, 0.5) is 5.69 Å². The lowest BCUT2D eigenvalue weighted by atomic mass is 10.2. The van der Waals surface area contributed by atoms with Gasteiger partial charge in [0, 0.05) is 11.3 Å². The minimum Gasteiger partial charge on any atom is -0.469 e. The molecule has 0 aliphatic heterocycles. The van der Waals surface area contributed by atoms with E-state index in [-0.39, 0.29) is 10.5 Å². The largest absolute Gasteiger partial charge is 0.469 e. The number of nitrogens with one attached hydrogen (secondary N) is 3. The van der Waals surface area contributed by atoms with E-state index in [1.165, 1.54) is 36.6 Å². The number of amides is 2. The Morgan fingerprint density at radius 3 is 2.11 bits per heavy atom. The van der Waals surface area contributed by atoms with E-state index >= 15 is 0 Å². The smallest absolute Gasteiger partial charge is 0.273 e. The molecule has 0 fully saturated rings. The van der Waals surface area contributed by atoms with E-state index in [1.807, 2.05) is 0 Å². The van der Waals surface area contributed by atoms with Crippen LogP contribution < -0.4 is 15.6 Å². The van der Waals surface area contributed by atoms with Crippen molar-refractivity contribution in [3.05, 3.63) is 83.8 Å². The Kier molecular flexibility index (Phi) is 5.46. The summed E-state index contributed by atoms with van der Waals surface area (Å²) in [6, 6.07) is 15.3. The summed E-state index contributed by atoms with van der Waals surface area (Å²) in [5.41, 5.74) is 5.45. The second-order valence-corrected chi connectivity index (χ2v) is 7.48. The molecule has 0 radical (unpaired) electrons. The second kappa shape index (κ2) is 7.97. The molecule has 0 atom stereocenters. The highest BCUT2D eigenvalue weighted by Gasteiger charge is 2.16. The molecule has 9 heteroatoms. The van der Waals surface area contributed by atoms with Gasteiger partial charge in [0.25, 0.3) is 21.8 Å². The number of furan rings is 1. The first-order chi connectivity index (χ1) is 13.4. The Morgan fingerprint density at radius 1 is 0.857 bits per heavy atom. The molecule has 0 aliphatic carbocycles. The Labute approximate surface area is 161 Å². The lowest BCUT2D eigenvalue weighted by molar-refractivity contribution is 0.0845. The fourth-order valence-electron chi connectivity index (χ4n) is 2.38. The Morgan fingerprint density at radius 2 is 1.50 bits per heavy atom. The van der Waals surface area contributed by atoms with Crippen LogP contribution in [0.25, 0.3) is 0 Å². The number of anilines is 1. The highest BCUT2D eigenvalue weighted by Crippen LogP contribution is 2.16. The van der Waals surface area contributed by atoms with Crippen LogP contribution in [-0.4, -0.2) is 20.2 Å². The molecular formula is C19H17N3O5S. The van der Waals surface area contributed by atoms with Crippen LogP contribution in [0.5, 0.6) is 0 Å². The Balaban J connectivity index is 1.64. The topological polar surface area (TPSA) is 118 Å². The van der Waals surface area contributed by atoms with Crippen molar-refractivity contribution in [1.82, 2.24) is 10.9 Å². The molecule has 0 spiro atoms. The van der Waals surface area contributed by atoms with Crippen LogP contribution in [0.1, 0.15) is 26.5 Å². The zero-order chi connectivity index (χ0) is 20.1. The van der Waals surface area contributed by atoms with Gasteiger partial charge in [-0.2, -0.15) is 0 Å². The van der Waals surface area contributed by atoms with Crippen molar-refractivity contribution in [1.29, 1.82) is 0 Å². The molecule has 0 bridgehead atoms. The maximum atomic E-state index is 12.4. The number of rotatable bonds is 5. The van der Waals surface area contributed by atoms with Crippen molar-refractivity contribution in [3.8, 4) is 0 Å². The third-order valence-corrected chi connectivity index (χ3v) is 5.24. The van der Waals surface area contributed by atoms with Gasteiger partial charge in [0.05, 0.1) is 16.7 Å². The van der Waals surface area contributed by atoms with Crippen molar-refractivity contribution >= 4 is 27.5 Å². The maximum Gasteiger partial charge on any atom is 0.273 e. The van der Waals surface area contributed by atoms with Crippen LogP contribution in [0.3, 0.4) is 0 Å². The molecule has 2 amide bonds. The molecule has 2 aromatic carbocycles. The standard InChI is InChI=1S/C19H17N3O5S/c1-13-17(11-12-27-13)19(24)21-20-18(23)14-7-9-16(10-8-14)28(25,26)22-15-5-3-2-4-6-15/h2-12,22H,1H3,(H,20,23)(H,21,24). The second-order valence-electron chi connectivity index (χ2n) is 5.79. The van der Waals surface area contributed by atoms with Crippen LogP contribution >= 0.6 is 0 Å². The molecule has 0 saturated carbocycles. The molecule has 144 valence electrons. The summed E-state index contributed by atoms with van der Waals surface area (Å²) in [5.74, 6) is -0.687. The molecule has 3 aromatic rings. The number of para-hydroxylation sites is 1. The minimum atomic E-state index is -3.78. The zero-order valence-corrected chi connectivity index (χ0v) is 15.6. The fourth-order valence-corrected chi connectivity index (χ4v) is 3.44. The number of aryl methyl sites for hydroxylation is 1. The molecule has 8 nitrogen and oxygen atoms in total. The summed E-state index contributed by atoms with van der Waals surface area (Å²) < 4.78 is 32.2. The lowest BCUT2D eigenvalue weighted by Crippen LogP contribution is -2.41. The minimum absolute atomic E-state index is 0.00552. The highest BCUT2D eigenvalue weighted by molar-refractivity contribution is 7.92. The van der Waals surface area contributed by atoms with Crippen molar-refractivity contribution in [3.63, 3.8) is 0 Å². The molecule has 0 saturated heterocycles. The monoisotopic (exact) mass is 399 g/mol. The van der Waals surface area contributed by atoms with Crippen molar-refractivity contribution in [2.24, 2.45) is 0 Å². The third-order valence-electron chi connectivity index (χ3n) is 3.85. The van der Waals surface area contributed by atoms with Crippen molar-refractivity contribution < 1.29 is 22.4 Å². The van der Waals surface area contributed by atoms with Crippen LogP contribution in [-0.2, 0) is 10.0 Å². The Hall–Kier alpha value is -3.59. The van der Waals surface area contributed by atoms with E-state index in [1.54, 1.807) is 37.3 Å². The van der Waals surface area contributed by atoms with Gasteiger partial charge in [-0.15, -0.1) is 0 Å². The quantitative estimate of drug-likeness (QED) is 0.570. The molecule has 0 aliphatic rings. The zero-order valence-electron chi connectivity index (χ0n) is 14.8. The van der Waals surface area contributed by atoms with Gasteiger partial charge < -0.3 is 4.42 Å². The first-order valence-electron chi connectivity index (χ1n) is 8.19. The SMILES string of the molecule is Cc1occc1C(=O)NNC(=O)c1ccc(S(=O)(=O)Nc2ccccc2)cc1. The molecule has 1 aromatic heterocycles. The normalized spacial score (nSPS) is 10.9. The summed E-state index contributed by atoms with van der Waals surface area (Å²) in [7, 11) is -3.78. The number of carbonyl (C=O) groups is 2. The van der Waals surface area contributed by atoms with Crippen LogP contribution in [0, 0.1) is 6.92 Å². The first-order valence-corrected chi connectivity index (χ1v) is 9.68. The first kappa shape index (κ1) is 19.2. The molecular weight excluding hydrogens is 382 g/mol. The van der Waals surface area contributed by atoms with E-state index < -0.39 is 21.8 Å². The Bertz CT molecular complexity index is 1090. The van der Waals surface area contributed by atoms with E-state index in [0.29, 0.717) is 17.0 Å². The summed E-state index contributed by atoms with van der Waals surface area (Å²) >= 11 is 0. The average Bonchev–Trinajstić information content (AvgIpc) is 3.12. The van der Waals surface area contributed by atoms with Gasteiger partial charge in [0.2, 0.25) is 0 Å². The van der Waals surface area contributed by atoms with Gasteiger partial charge in [0.1, 0.15) is 5.76 Å². The predicted octanol–water partition coefficient (Wildman–Crippen LogP) is 2.46. The maximum absolute atomic E-state index is 12.4. The number of hydrazine groups is 1. The summed E-state index contributed by atoms with van der Waals surface area (Å²) in [6.07, 6.45) is 1.37. The van der Waals surface area contributed by atoms with Gasteiger partial charge in [-0.05, 0) is 49.4 Å². The van der Waals surface area contributed by atoms with Gasteiger partial charge in [-0.25, -0.2) is 8.42 Å². The number of benzene rings is 2. The summed E-state index contributed by atoms with van der Waals surface area (Å²) in [4.78, 5) is 24.1. The summed E-state index contributed by atoms with van der Waals surface area (Å²) in [6.45, 7) is 1.62. The molecule has 3 N–H and O–H groups in total. The lowest BCUT2D eigenvalue weighted by Gasteiger charge is -2.09. The molecule has 1 heterocycles. The number of carbonyl (C=O) groups excluding carboxylic acids is 2. The van der Waals surface area contributed by atoms with Crippen LogP contribution in [0.15, 0.2) is 76.2 Å². The number of sulfonamides is 1. The number of hydrogen-bond donors (Lipinski definition) is 3. The third kappa shape index (κ3) is 4.38. The average molecular weight is 399 g/mol. The van der Waals surface area contributed by atoms with E-state index in [4.69, 9.17) is 4.42 Å². The van der Waals surface area contributed by atoms with Gasteiger partial charge in [0.15, 0.2) is 0 Å². The van der Waals surface area contributed by atoms with Gasteiger partial charge in [-0.3, -0.25) is 25.2 Å². The van der Waals surface area contributed by atoms with Gasteiger partial charge >= 0.3 is 0 Å². The van der Waals surface area contributed by atoms with Crippen molar-refractivity contribution in [2.45, 2.75) is 11.8 Å².